The Kier molecular flexibility index (Phi) is 6.38. The van der Waals surface area contributed by atoms with Gasteiger partial charge in [0.05, 0.1) is 33.2 Å². The summed E-state index contributed by atoms with van der Waals surface area (Å²) in [5, 5.41) is 8.37. The molecule has 0 N–H and O–H groups in total. The number of hydrogen-bond donors (Lipinski definition) is 0. The molecule has 0 spiro atoms. The van der Waals surface area contributed by atoms with E-state index in [0.717, 1.165) is 10.6 Å². The number of thiazole rings is 1. The molecule has 6 nitrogen and oxygen atoms in total. The highest BCUT2D eigenvalue weighted by atomic mass is 32.1. The van der Waals surface area contributed by atoms with E-state index < -0.39 is 11.6 Å². The second kappa shape index (κ2) is 9.63. The molecule has 3 aromatic heterocycles. The quantitative estimate of drug-likeness (QED) is 0.267. The molecule has 0 saturated carbocycles. The van der Waals surface area contributed by atoms with Gasteiger partial charge in [-0.3, -0.25) is 9.48 Å². The van der Waals surface area contributed by atoms with Crippen molar-refractivity contribution in [2.24, 2.45) is 17.1 Å². The molecule has 0 saturated heterocycles. The minimum Gasteiger partial charge on any atom is -0.283 e. The number of nitrogens with zero attached hydrogens (tertiary/aromatic N) is 5. The van der Waals surface area contributed by atoms with E-state index in [1.807, 2.05) is 60.1 Å². The van der Waals surface area contributed by atoms with Crippen molar-refractivity contribution in [2.75, 3.05) is 0 Å². The molecule has 0 aliphatic rings. The maximum Gasteiger partial charge on any atom is 0.297 e. The zero-order chi connectivity index (χ0) is 25.4. The van der Waals surface area contributed by atoms with Crippen molar-refractivity contribution in [3.8, 4) is 16.3 Å². The van der Waals surface area contributed by atoms with E-state index in [0.29, 0.717) is 16.2 Å². The fraction of sp³-hybridized carbons (Fsp3) is 0.115. The summed E-state index contributed by atoms with van der Waals surface area (Å²) in [7, 11) is 1.80. The summed E-state index contributed by atoms with van der Waals surface area (Å²) in [5.41, 5.74) is 2.02. The number of hydrogen-bond acceptors (Lipinski definition) is 5. The smallest absolute Gasteiger partial charge is 0.283 e. The van der Waals surface area contributed by atoms with Crippen LogP contribution in [-0.2, 0) is 7.05 Å². The Balaban J connectivity index is 1.74. The largest absolute Gasteiger partial charge is 0.297 e. The molecule has 0 bridgehead atoms. The maximum absolute atomic E-state index is 14.5. The molecule has 0 radical (unpaired) electrons. The van der Waals surface area contributed by atoms with Crippen LogP contribution < -0.4 is 10.4 Å². The first-order chi connectivity index (χ1) is 17.4. The van der Waals surface area contributed by atoms with Crippen LogP contribution in [0.5, 0.6) is 0 Å². The lowest BCUT2D eigenvalue weighted by atomic mass is 10.1. The van der Waals surface area contributed by atoms with Crippen LogP contribution in [0.3, 0.4) is 0 Å². The standard InChI is InChI=1S/C26H21F2N5OS2/c1-16(23-19(27)11-7-12-20(23)28)30-32-21(22-13-8-14-35-22)15-36-26(32)29-24-17(2)31(3)33(25(24)34)18-9-5-4-6-10-18/h4-15H,1-3H3. The lowest BCUT2D eigenvalue weighted by molar-refractivity contribution is 0.578. The van der Waals surface area contributed by atoms with Crippen LogP contribution in [0.1, 0.15) is 18.2 Å². The van der Waals surface area contributed by atoms with Gasteiger partial charge in [-0.05, 0) is 49.6 Å². The van der Waals surface area contributed by atoms with Gasteiger partial charge in [-0.15, -0.1) is 22.7 Å². The maximum atomic E-state index is 14.5. The van der Waals surface area contributed by atoms with Gasteiger partial charge in [0, 0.05) is 12.4 Å². The number of para-hydroxylation sites is 1. The highest BCUT2D eigenvalue weighted by Crippen LogP contribution is 2.26. The average Bonchev–Trinajstić information content (AvgIpc) is 3.57. The van der Waals surface area contributed by atoms with E-state index in [4.69, 9.17) is 4.99 Å². The summed E-state index contributed by atoms with van der Waals surface area (Å²) in [6.45, 7) is 3.37. The lowest BCUT2D eigenvalue weighted by Crippen LogP contribution is -2.20. The zero-order valence-corrected chi connectivity index (χ0v) is 21.3. The van der Waals surface area contributed by atoms with Gasteiger partial charge in [-0.2, -0.15) is 5.10 Å². The van der Waals surface area contributed by atoms with Crippen LogP contribution >= 0.6 is 22.7 Å². The van der Waals surface area contributed by atoms with Crippen LogP contribution in [0.15, 0.2) is 86.3 Å². The highest BCUT2D eigenvalue weighted by Gasteiger charge is 2.18. The Morgan fingerprint density at radius 3 is 2.33 bits per heavy atom. The summed E-state index contributed by atoms with van der Waals surface area (Å²) in [6.07, 6.45) is 0. The summed E-state index contributed by atoms with van der Waals surface area (Å²) in [4.78, 5) is 19.4. The van der Waals surface area contributed by atoms with Crippen molar-refractivity contribution < 1.29 is 8.78 Å². The first-order valence-electron chi connectivity index (χ1n) is 11.0. The molecular weight excluding hydrogens is 500 g/mol. The second-order valence-electron chi connectivity index (χ2n) is 8.00. The van der Waals surface area contributed by atoms with Crippen LogP contribution in [0, 0.1) is 18.6 Å². The summed E-state index contributed by atoms with van der Waals surface area (Å²) >= 11 is 2.80. The first kappa shape index (κ1) is 23.8. The Morgan fingerprint density at radius 2 is 1.67 bits per heavy atom. The molecular formula is C26H21F2N5OS2. The minimum atomic E-state index is -0.701. The summed E-state index contributed by atoms with van der Waals surface area (Å²) in [6, 6.07) is 16.8. The van der Waals surface area contributed by atoms with Gasteiger partial charge in [-0.25, -0.2) is 23.1 Å². The van der Waals surface area contributed by atoms with Gasteiger partial charge in [0.1, 0.15) is 11.6 Å². The third-order valence-electron chi connectivity index (χ3n) is 5.76. The van der Waals surface area contributed by atoms with Gasteiger partial charge in [0.25, 0.3) is 5.56 Å². The molecule has 182 valence electrons. The van der Waals surface area contributed by atoms with E-state index in [9.17, 15) is 13.6 Å². The fourth-order valence-corrected chi connectivity index (χ4v) is 5.52. The summed E-state index contributed by atoms with van der Waals surface area (Å²) in [5.74, 6) is -1.40. The SMILES string of the molecule is CC(=Nn1c(-c2cccs2)csc1=Nc1c(C)n(C)n(-c2ccccc2)c1=O)c1c(F)cccc1F. The molecule has 5 aromatic rings. The number of aromatic nitrogens is 3. The first-order valence-corrected chi connectivity index (χ1v) is 12.8. The van der Waals surface area contributed by atoms with Crippen molar-refractivity contribution in [3.63, 3.8) is 0 Å². The molecule has 0 aliphatic heterocycles. The molecule has 0 amide bonds. The average molecular weight is 522 g/mol. The summed E-state index contributed by atoms with van der Waals surface area (Å²) < 4.78 is 33.8. The zero-order valence-electron chi connectivity index (χ0n) is 19.6. The number of benzene rings is 2. The monoisotopic (exact) mass is 521 g/mol. The Labute approximate surface area is 213 Å². The van der Waals surface area contributed by atoms with E-state index in [1.54, 1.807) is 23.3 Å². The van der Waals surface area contributed by atoms with E-state index in [2.05, 4.69) is 5.10 Å². The molecule has 0 unspecified atom stereocenters. The van der Waals surface area contributed by atoms with E-state index >= 15 is 0 Å². The van der Waals surface area contributed by atoms with Gasteiger partial charge in [0.2, 0.25) is 4.80 Å². The fourth-order valence-electron chi connectivity index (χ4n) is 3.89. The van der Waals surface area contributed by atoms with Crippen LogP contribution in [0.25, 0.3) is 16.3 Å². The van der Waals surface area contributed by atoms with Crippen molar-refractivity contribution >= 4 is 34.1 Å². The van der Waals surface area contributed by atoms with Gasteiger partial charge < -0.3 is 0 Å². The molecule has 2 aromatic carbocycles. The van der Waals surface area contributed by atoms with Gasteiger partial charge in [0.15, 0.2) is 5.69 Å². The third-order valence-corrected chi connectivity index (χ3v) is 7.47. The number of halogens is 2. The molecule has 5 rings (SSSR count). The molecule has 0 aliphatic carbocycles. The lowest BCUT2D eigenvalue weighted by Gasteiger charge is -2.07. The topological polar surface area (TPSA) is 56.6 Å². The van der Waals surface area contributed by atoms with Crippen molar-refractivity contribution in [2.45, 2.75) is 13.8 Å². The Hall–Kier alpha value is -3.89. The molecule has 0 atom stereocenters. The minimum absolute atomic E-state index is 0.148. The highest BCUT2D eigenvalue weighted by molar-refractivity contribution is 7.14. The van der Waals surface area contributed by atoms with Crippen LogP contribution in [0.2, 0.25) is 0 Å². The van der Waals surface area contributed by atoms with Crippen LogP contribution in [0.4, 0.5) is 14.5 Å². The Morgan fingerprint density at radius 1 is 0.944 bits per heavy atom. The molecule has 3 heterocycles. The normalized spacial score (nSPS) is 12.5. The van der Waals surface area contributed by atoms with E-state index in [1.165, 1.54) is 45.5 Å². The third kappa shape index (κ3) is 4.18. The van der Waals surface area contributed by atoms with Crippen molar-refractivity contribution in [3.05, 3.63) is 109 Å². The molecule has 36 heavy (non-hydrogen) atoms. The van der Waals surface area contributed by atoms with Gasteiger partial charge >= 0.3 is 0 Å². The predicted octanol–water partition coefficient (Wildman–Crippen LogP) is 5.86. The Bertz CT molecular complexity index is 1690. The van der Waals surface area contributed by atoms with E-state index in [-0.39, 0.29) is 22.5 Å². The number of rotatable bonds is 5. The second-order valence-corrected chi connectivity index (χ2v) is 9.78. The van der Waals surface area contributed by atoms with Crippen LogP contribution in [-0.4, -0.2) is 19.8 Å². The number of thiophene rings is 1. The predicted molar refractivity (Wildman–Crippen MR) is 141 cm³/mol. The van der Waals surface area contributed by atoms with Crippen molar-refractivity contribution in [1.82, 2.24) is 14.0 Å². The molecule has 10 heteroatoms. The van der Waals surface area contributed by atoms with Gasteiger partial charge in [-0.1, -0.05) is 30.3 Å². The van der Waals surface area contributed by atoms with Crippen molar-refractivity contribution in [1.29, 1.82) is 0 Å². The molecule has 0 fully saturated rings.